The number of aromatic nitrogens is 2. The van der Waals surface area contributed by atoms with E-state index in [0.29, 0.717) is 0 Å². The van der Waals surface area contributed by atoms with Crippen LogP contribution in [0.25, 0.3) is 0 Å². The Kier molecular flexibility index (Phi) is 4.93. The first-order valence-corrected chi connectivity index (χ1v) is 7.08. The van der Waals surface area contributed by atoms with Crippen molar-refractivity contribution >= 4 is 17.5 Å². The summed E-state index contributed by atoms with van der Waals surface area (Å²) in [6.07, 6.45) is 3.34. The van der Waals surface area contributed by atoms with E-state index in [1.54, 1.807) is 37.1 Å². The molecule has 6 heteroatoms. The van der Waals surface area contributed by atoms with Gasteiger partial charge in [0, 0.05) is 25.1 Å². The minimum Gasteiger partial charge on any atom is -0.335 e. The Bertz CT molecular complexity index is 635. The van der Waals surface area contributed by atoms with E-state index in [4.69, 9.17) is 0 Å². The number of aryl methyl sites for hydroxylation is 1. The zero-order valence-electron chi connectivity index (χ0n) is 13.0. The zero-order valence-corrected chi connectivity index (χ0v) is 13.0. The molecule has 0 spiro atoms. The van der Waals surface area contributed by atoms with Gasteiger partial charge in [-0.15, -0.1) is 0 Å². The van der Waals surface area contributed by atoms with Gasteiger partial charge in [0.15, 0.2) is 0 Å². The molecule has 0 saturated heterocycles. The van der Waals surface area contributed by atoms with Crippen molar-refractivity contribution in [2.24, 2.45) is 0 Å². The van der Waals surface area contributed by atoms with Crippen LogP contribution in [0.2, 0.25) is 0 Å². The molecule has 2 aromatic rings. The van der Waals surface area contributed by atoms with E-state index in [2.05, 4.69) is 10.4 Å². The lowest BCUT2D eigenvalue weighted by atomic mass is 10.2. The Morgan fingerprint density at radius 3 is 2.59 bits per heavy atom. The lowest BCUT2D eigenvalue weighted by Crippen LogP contribution is -2.38. The number of benzene rings is 1. The van der Waals surface area contributed by atoms with E-state index >= 15 is 0 Å². The monoisotopic (exact) mass is 300 g/mol. The summed E-state index contributed by atoms with van der Waals surface area (Å²) in [4.78, 5) is 25.7. The fourth-order valence-electron chi connectivity index (χ4n) is 2.07. The molecular formula is C16H20N4O2. The van der Waals surface area contributed by atoms with Gasteiger partial charge in [0.05, 0.1) is 6.54 Å². The van der Waals surface area contributed by atoms with Crippen LogP contribution in [0.4, 0.5) is 5.69 Å². The molecular weight excluding hydrogens is 280 g/mol. The molecule has 1 heterocycles. The first-order chi connectivity index (χ1) is 10.5. The third kappa shape index (κ3) is 3.94. The van der Waals surface area contributed by atoms with Crippen LogP contribution >= 0.6 is 0 Å². The minimum absolute atomic E-state index is 0.00167. The first-order valence-electron chi connectivity index (χ1n) is 7.08. The van der Waals surface area contributed by atoms with Crippen molar-refractivity contribution in [2.75, 3.05) is 18.9 Å². The molecule has 116 valence electrons. The molecule has 1 aromatic heterocycles. The summed E-state index contributed by atoms with van der Waals surface area (Å²) in [5.74, 6) is -0.393. The molecule has 22 heavy (non-hydrogen) atoms. The number of nitrogens with zero attached hydrogens (tertiary/aromatic N) is 3. The Labute approximate surface area is 129 Å². The van der Waals surface area contributed by atoms with Crippen LogP contribution in [0.3, 0.4) is 0 Å². The summed E-state index contributed by atoms with van der Waals surface area (Å²) in [5.41, 5.74) is 1.84. The number of nitrogens with one attached hydrogen (secondary N) is 1. The number of hydrogen-bond acceptors (Lipinski definition) is 3. The molecule has 1 unspecified atom stereocenters. The Balaban J connectivity index is 1.90. The number of rotatable bonds is 5. The van der Waals surface area contributed by atoms with Crippen LogP contribution in [0.15, 0.2) is 42.7 Å². The highest BCUT2D eigenvalue weighted by atomic mass is 16.2. The van der Waals surface area contributed by atoms with Crippen molar-refractivity contribution in [1.82, 2.24) is 14.7 Å². The van der Waals surface area contributed by atoms with Gasteiger partial charge in [0.1, 0.15) is 6.04 Å². The quantitative estimate of drug-likeness (QED) is 0.916. The van der Waals surface area contributed by atoms with Crippen molar-refractivity contribution in [2.45, 2.75) is 19.9 Å². The van der Waals surface area contributed by atoms with Crippen LogP contribution < -0.4 is 5.32 Å². The number of carbonyl (C=O) groups is 2. The summed E-state index contributed by atoms with van der Waals surface area (Å²) in [5, 5.41) is 6.82. The van der Waals surface area contributed by atoms with Gasteiger partial charge in [-0.3, -0.25) is 14.3 Å². The number of hydrogen-bond donors (Lipinski definition) is 1. The van der Waals surface area contributed by atoms with E-state index in [1.165, 1.54) is 4.90 Å². The molecule has 0 bridgehead atoms. The summed E-state index contributed by atoms with van der Waals surface area (Å²) in [6, 6.07) is 8.83. The van der Waals surface area contributed by atoms with Gasteiger partial charge in [-0.1, -0.05) is 17.7 Å². The largest absolute Gasteiger partial charge is 0.335 e. The van der Waals surface area contributed by atoms with Crippen molar-refractivity contribution in [1.29, 1.82) is 0 Å². The Hall–Kier alpha value is -2.63. The number of amides is 2. The van der Waals surface area contributed by atoms with Crippen LogP contribution in [0.5, 0.6) is 0 Å². The molecule has 0 saturated carbocycles. The maximum Gasteiger partial charge on any atom is 0.247 e. The van der Waals surface area contributed by atoms with Crippen molar-refractivity contribution in [3.05, 3.63) is 48.3 Å². The van der Waals surface area contributed by atoms with Crippen LogP contribution in [0.1, 0.15) is 18.5 Å². The van der Waals surface area contributed by atoms with Crippen LogP contribution in [-0.2, 0) is 9.59 Å². The van der Waals surface area contributed by atoms with Gasteiger partial charge in [-0.2, -0.15) is 5.10 Å². The average molecular weight is 300 g/mol. The van der Waals surface area contributed by atoms with Gasteiger partial charge in [0.25, 0.3) is 0 Å². The van der Waals surface area contributed by atoms with Gasteiger partial charge < -0.3 is 10.2 Å². The fourth-order valence-corrected chi connectivity index (χ4v) is 2.07. The number of carbonyl (C=O) groups excluding carboxylic acids is 2. The van der Waals surface area contributed by atoms with E-state index in [0.717, 1.165) is 11.3 Å². The third-order valence-electron chi connectivity index (χ3n) is 3.37. The van der Waals surface area contributed by atoms with Gasteiger partial charge in [-0.25, -0.2) is 0 Å². The van der Waals surface area contributed by atoms with Gasteiger partial charge in [-0.05, 0) is 32.0 Å². The van der Waals surface area contributed by atoms with E-state index in [-0.39, 0.29) is 18.4 Å². The molecule has 0 radical (unpaired) electrons. The second-order valence-electron chi connectivity index (χ2n) is 5.27. The predicted octanol–water partition coefficient (Wildman–Crippen LogP) is 1.85. The van der Waals surface area contributed by atoms with Crippen LogP contribution in [-0.4, -0.2) is 40.1 Å². The average Bonchev–Trinajstić information content (AvgIpc) is 3.02. The summed E-state index contributed by atoms with van der Waals surface area (Å²) in [6.45, 7) is 3.73. The van der Waals surface area contributed by atoms with Crippen molar-refractivity contribution < 1.29 is 9.59 Å². The number of anilines is 1. The molecule has 2 rings (SSSR count). The summed E-state index contributed by atoms with van der Waals surface area (Å²) < 4.78 is 1.57. The Morgan fingerprint density at radius 1 is 1.32 bits per heavy atom. The summed E-state index contributed by atoms with van der Waals surface area (Å²) >= 11 is 0. The van der Waals surface area contributed by atoms with E-state index in [1.807, 2.05) is 31.2 Å². The second kappa shape index (κ2) is 6.89. The third-order valence-corrected chi connectivity index (χ3v) is 3.37. The minimum atomic E-state index is -0.438. The standard InChI is InChI=1S/C16H20N4O2/c1-12-5-7-14(8-6-12)18-15(21)11-19(3)16(22)13(2)20-10-4-9-17-20/h4-10,13H,11H2,1-3H3,(H,18,21). The fraction of sp³-hybridized carbons (Fsp3) is 0.312. The molecule has 0 fully saturated rings. The highest BCUT2D eigenvalue weighted by molar-refractivity contribution is 5.94. The van der Waals surface area contributed by atoms with Crippen LogP contribution in [0, 0.1) is 6.92 Å². The molecule has 0 aliphatic rings. The lowest BCUT2D eigenvalue weighted by Gasteiger charge is -2.21. The smallest absolute Gasteiger partial charge is 0.247 e. The zero-order chi connectivity index (χ0) is 16.1. The first kappa shape index (κ1) is 15.8. The van der Waals surface area contributed by atoms with E-state index < -0.39 is 6.04 Å². The van der Waals surface area contributed by atoms with Crippen molar-refractivity contribution in [3.63, 3.8) is 0 Å². The molecule has 1 N–H and O–H groups in total. The number of likely N-dealkylation sites (N-methyl/N-ethyl adjacent to an activating group) is 1. The molecule has 0 aliphatic carbocycles. The molecule has 0 aliphatic heterocycles. The molecule has 6 nitrogen and oxygen atoms in total. The predicted molar refractivity (Wildman–Crippen MR) is 84.4 cm³/mol. The molecule has 1 atom stereocenters. The van der Waals surface area contributed by atoms with Gasteiger partial charge in [0.2, 0.25) is 11.8 Å². The topological polar surface area (TPSA) is 67.2 Å². The SMILES string of the molecule is Cc1ccc(NC(=O)CN(C)C(=O)C(C)n2cccn2)cc1. The van der Waals surface area contributed by atoms with Crippen molar-refractivity contribution in [3.8, 4) is 0 Å². The van der Waals surface area contributed by atoms with Gasteiger partial charge >= 0.3 is 0 Å². The highest BCUT2D eigenvalue weighted by Gasteiger charge is 2.21. The maximum atomic E-state index is 12.3. The Morgan fingerprint density at radius 2 is 2.00 bits per heavy atom. The normalized spacial score (nSPS) is 11.8. The second-order valence-corrected chi connectivity index (χ2v) is 5.27. The summed E-state index contributed by atoms with van der Waals surface area (Å²) in [7, 11) is 1.61. The maximum absolute atomic E-state index is 12.3. The highest BCUT2D eigenvalue weighted by Crippen LogP contribution is 2.10. The molecule has 1 aromatic carbocycles. The van der Waals surface area contributed by atoms with E-state index in [9.17, 15) is 9.59 Å². The molecule has 2 amide bonds. The lowest BCUT2D eigenvalue weighted by molar-refractivity contribution is -0.136.